The van der Waals surface area contributed by atoms with Crippen LogP contribution >= 0.6 is 0 Å². The van der Waals surface area contributed by atoms with Crippen molar-refractivity contribution in [3.8, 4) is 5.75 Å². The number of aromatic hydroxyl groups is 1. The molecule has 0 aliphatic carbocycles. The van der Waals surface area contributed by atoms with Gasteiger partial charge in [-0.2, -0.15) is 0 Å². The lowest BCUT2D eigenvalue weighted by Crippen LogP contribution is -2.38. The molecule has 6 heteroatoms. The molecule has 116 valence electrons. The zero-order valence-electron chi connectivity index (χ0n) is 12.4. The van der Waals surface area contributed by atoms with E-state index in [1.54, 1.807) is 6.92 Å². The van der Waals surface area contributed by atoms with Gasteiger partial charge in [0.05, 0.1) is 5.56 Å². The largest absolute Gasteiger partial charge is 0.508 e. The van der Waals surface area contributed by atoms with E-state index in [1.165, 1.54) is 24.3 Å². The first kappa shape index (κ1) is 17.0. The van der Waals surface area contributed by atoms with E-state index in [0.29, 0.717) is 5.56 Å². The van der Waals surface area contributed by atoms with Crippen molar-refractivity contribution in [2.45, 2.75) is 32.9 Å². The normalized spacial score (nSPS) is 13.6. The highest BCUT2D eigenvalue weighted by Gasteiger charge is 2.20. The van der Waals surface area contributed by atoms with Crippen LogP contribution in [0.2, 0.25) is 0 Å². The van der Waals surface area contributed by atoms with E-state index in [4.69, 9.17) is 20.3 Å². The molecule has 21 heavy (non-hydrogen) atoms. The van der Waals surface area contributed by atoms with Crippen molar-refractivity contribution in [1.29, 1.82) is 0 Å². The van der Waals surface area contributed by atoms with Crippen molar-refractivity contribution in [1.82, 2.24) is 0 Å². The molecule has 1 aromatic rings. The van der Waals surface area contributed by atoms with Crippen LogP contribution in [0.4, 0.5) is 0 Å². The molecule has 0 aromatic heterocycles. The van der Waals surface area contributed by atoms with E-state index >= 15 is 0 Å². The number of carbonyl (C=O) groups excluding carboxylic acids is 2. The maximum Gasteiger partial charge on any atom is 0.338 e. The van der Waals surface area contributed by atoms with E-state index in [9.17, 15) is 9.59 Å². The maximum absolute atomic E-state index is 11.8. The molecular weight excluding hydrogens is 274 g/mol. The third kappa shape index (κ3) is 5.43. The molecule has 0 saturated carbocycles. The minimum atomic E-state index is -0.690. The molecule has 0 aliphatic heterocycles. The Morgan fingerprint density at radius 1 is 1.19 bits per heavy atom. The Labute approximate surface area is 123 Å². The molecule has 0 heterocycles. The third-order valence-corrected chi connectivity index (χ3v) is 2.86. The number of rotatable bonds is 6. The van der Waals surface area contributed by atoms with Crippen LogP contribution in [-0.4, -0.2) is 35.8 Å². The molecule has 2 atom stereocenters. The van der Waals surface area contributed by atoms with Gasteiger partial charge in [-0.3, -0.25) is 4.79 Å². The number of hydrogen-bond donors (Lipinski definition) is 2. The zero-order chi connectivity index (χ0) is 16.0. The van der Waals surface area contributed by atoms with Crippen molar-refractivity contribution in [3.05, 3.63) is 29.8 Å². The average Bonchev–Trinajstić information content (AvgIpc) is 2.44. The molecule has 0 bridgehead atoms. The number of esters is 2. The van der Waals surface area contributed by atoms with Gasteiger partial charge in [-0.25, -0.2) is 4.79 Å². The van der Waals surface area contributed by atoms with Crippen LogP contribution in [0.25, 0.3) is 0 Å². The van der Waals surface area contributed by atoms with Gasteiger partial charge in [-0.15, -0.1) is 0 Å². The minimum absolute atomic E-state index is 0.0210. The summed E-state index contributed by atoms with van der Waals surface area (Å²) in [5.41, 5.74) is 5.96. The smallest absolute Gasteiger partial charge is 0.338 e. The number of carbonyl (C=O) groups is 2. The van der Waals surface area contributed by atoms with Gasteiger partial charge in [0.2, 0.25) is 0 Å². The molecule has 0 fully saturated rings. The van der Waals surface area contributed by atoms with Gasteiger partial charge >= 0.3 is 11.9 Å². The number of hydrogen-bond acceptors (Lipinski definition) is 6. The van der Waals surface area contributed by atoms with Crippen LogP contribution in [-0.2, 0) is 14.3 Å². The molecule has 3 N–H and O–H groups in total. The van der Waals surface area contributed by atoms with Gasteiger partial charge in [-0.05, 0) is 37.1 Å². The van der Waals surface area contributed by atoms with Crippen molar-refractivity contribution < 1.29 is 24.2 Å². The topological polar surface area (TPSA) is 98.9 Å². The minimum Gasteiger partial charge on any atom is -0.508 e. The van der Waals surface area contributed by atoms with Crippen LogP contribution in [0, 0.1) is 5.92 Å². The van der Waals surface area contributed by atoms with Gasteiger partial charge in [0.15, 0.2) is 0 Å². The Hall–Kier alpha value is -2.08. The summed E-state index contributed by atoms with van der Waals surface area (Å²) in [4.78, 5) is 23.4. The Kier molecular flexibility index (Phi) is 6.17. The van der Waals surface area contributed by atoms with E-state index in [-0.39, 0.29) is 18.3 Å². The highest BCUT2D eigenvalue weighted by molar-refractivity contribution is 5.89. The van der Waals surface area contributed by atoms with Crippen LogP contribution in [0.1, 0.15) is 31.1 Å². The fourth-order valence-electron chi connectivity index (χ4n) is 1.45. The standard InChI is InChI=1S/C15H21NO5/c1-9(2)13(16)15(19)20-8-10(3)21-14(18)11-4-6-12(17)7-5-11/h4-7,9-10,13,17H,8,16H2,1-3H3. The molecule has 0 amide bonds. The lowest BCUT2D eigenvalue weighted by Gasteiger charge is -2.17. The van der Waals surface area contributed by atoms with Gasteiger partial charge in [-0.1, -0.05) is 13.8 Å². The Morgan fingerprint density at radius 3 is 2.29 bits per heavy atom. The average molecular weight is 295 g/mol. The number of nitrogens with two attached hydrogens (primary N) is 1. The molecule has 0 saturated heterocycles. The lowest BCUT2D eigenvalue weighted by atomic mass is 10.1. The van der Waals surface area contributed by atoms with Crippen LogP contribution in [0.3, 0.4) is 0 Å². The highest BCUT2D eigenvalue weighted by Crippen LogP contribution is 2.11. The van der Waals surface area contributed by atoms with Crippen molar-refractivity contribution >= 4 is 11.9 Å². The molecule has 2 unspecified atom stereocenters. The van der Waals surface area contributed by atoms with Crippen molar-refractivity contribution in [3.63, 3.8) is 0 Å². The quantitative estimate of drug-likeness (QED) is 0.771. The van der Waals surface area contributed by atoms with Gasteiger partial charge in [0.1, 0.15) is 24.5 Å². The Balaban J connectivity index is 2.43. The number of phenols is 1. The SMILES string of the molecule is CC(COC(=O)C(N)C(C)C)OC(=O)c1ccc(O)cc1. The zero-order valence-corrected chi connectivity index (χ0v) is 12.4. The second-order valence-corrected chi connectivity index (χ2v) is 5.16. The first-order valence-corrected chi connectivity index (χ1v) is 6.73. The first-order chi connectivity index (χ1) is 9.81. The second kappa shape index (κ2) is 7.64. The fraction of sp³-hybridized carbons (Fsp3) is 0.467. The molecule has 6 nitrogen and oxygen atoms in total. The van der Waals surface area contributed by atoms with E-state index < -0.39 is 24.1 Å². The Bertz CT molecular complexity index is 483. The summed E-state index contributed by atoms with van der Waals surface area (Å²) < 4.78 is 10.1. The monoisotopic (exact) mass is 295 g/mol. The van der Waals surface area contributed by atoms with E-state index in [1.807, 2.05) is 13.8 Å². The van der Waals surface area contributed by atoms with Crippen LogP contribution in [0.5, 0.6) is 5.75 Å². The van der Waals surface area contributed by atoms with Crippen molar-refractivity contribution in [2.75, 3.05) is 6.61 Å². The summed E-state index contributed by atoms with van der Waals surface area (Å²) in [7, 11) is 0. The summed E-state index contributed by atoms with van der Waals surface area (Å²) >= 11 is 0. The number of phenolic OH excluding ortho intramolecular Hbond substituents is 1. The molecule has 1 aromatic carbocycles. The molecule has 0 radical (unpaired) electrons. The van der Waals surface area contributed by atoms with Crippen LogP contribution in [0.15, 0.2) is 24.3 Å². The summed E-state index contributed by atoms with van der Waals surface area (Å²) in [6.45, 7) is 5.20. The summed E-state index contributed by atoms with van der Waals surface area (Å²) in [5.74, 6) is -1.02. The summed E-state index contributed by atoms with van der Waals surface area (Å²) in [6, 6.07) is 4.99. The summed E-state index contributed by atoms with van der Waals surface area (Å²) in [5, 5.41) is 9.14. The second-order valence-electron chi connectivity index (χ2n) is 5.16. The predicted octanol–water partition coefficient (Wildman–Crippen LogP) is 1.46. The highest BCUT2D eigenvalue weighted by atomic mass is 16.6. The van der Waals surface area contributed by atoms with Gasteiger partial charge in [0.25, 0.3) is 0 Å². The van der Waals surface area contributed by atoms with Gasteiger partial charge in [0, 0.05) is 0 Å². The predicted molar refractivity (Wildman–Crippen MR) is 76.8 cm³/mol. The van der Waals surface area contributed by atoms with E-state index in [0.717, 1.165) is 0 Å². The first-order valence-electron chi connectivity index (χ1n) is 6.73. The Morgan fingerprint density at radius 2 is 1.76 bits per heavy atom. The fourth-order valence-corrected chi connectivity index (χ4v) is 1.45. The summed E-state index contributed by atoms with van der Waals surface area (Å²) in [6.07, 6.45) is -0.588. The van der Waals surface area contributed by atoms with E-state index in [2.05, 4.69) is 0 Å². The van der Waals surface area contributed by atoms with Gasteiger partial charge < -0.3 is 20.3 Å². The molecule has 0 aliphatic rings. The number of ether oxygens (including phenoxy) is 2. The lowest BCUT2D eigenvalue weighted by molar-refractivity contribution is -0.149. The number of benzene rings is 1. The third-order valence-electron chi connectivity index (χ3n) is 2.86. The van der Waals surface area contributed by atoms with Crippen LogP contribution < -0.4 is 5.73 Å². The van der Waals surface area contributed by atoms with Crippen molar-refractivity contribution in [2.24, 2.45) is 11.7 Å². The molecule has 1 rings (SSSR count). The molecule has 0 spiro atoms. The maximum atomic E-state index is 11.8. The molecular formula is C15H21NO5.